The summed E-state index contributed by atoms with van der Waals surface area (Å²) in [7, 11) is 4.27. The average molecular weight is 378 g/mol. The zero-order valence-corrected chi connectivity index (χ0v) is 17.9. The van der Waals surface area contributed by atoms with Gasteiger partial charge in [0.05, 0.1) is 12.2 Å². The number of unbranched alkanes of at least 4 members (excludes halogenated alkanes) is 6. The fraction of sp³-hybridized carbons (Fsp3) is 0.833. The lowest BCUT2D eigenvalue weighted by molar-refractivity contribution is 0.0367. The topological polar surface area (TPSA) is 43.7 Å². The number of hydrogen-bond donors (Lipinski definition) is 2. The highest BCUT2D eigenvalue weighted by Crippen LogP contribution is 2.49. The van der Waals surface area contributed by atoms with Gasteiger partial charge in [0.25, 0.3) is 0 Å². The molecular formula is C24H43NO2. The zero-order valence-electron chi connectivity index (χ0n) is 17.9. The highest BCUT2D eigenvalue weighted by molar-refractivity contribution is 5.20. The number of aliphatic hydroxyl groups excluding tert-OH is 2. The minimum atomic E-state index is -0.492. The van der Waals surface area contributed by atoms with E-state index in [1.54, 1.807) is 5.57 Å². The maximum atomic E-state index is 10.7. The molecule has 1 fully saturated rings. The zero-order chi connectivity index (χ0) is 19.6. The van der Waals surface area contributed by atoms with Crippen LogP contribution in [0.1, 0.15) is 77.6 Å². The molecule has 0 saturated heterocycles. The summed E-state index contributed by atoms with van der Waals surface area (Å²) in [4.78, 5) is 2.25. The molecule has 0 aromatic carbocycles. The second-order valence-corrected chi connectivity index (χ2v) is 9.12. The van der Waals surface area contributed by atoms with Crippen molar-refractivity contribution in [1.29, 1.82) is 0 Å². The lowest BCUT2D eigenvalue weighted by atomic mass is 9.85. The molecule has 0 aliphatic heterocycles. The van der Waals surface area contributed by atoms with E-state index in [4.69, 9.17) is 0 Å². The van der Waals surface area contributed by atoms with Crippen molar-refractivity contribution in [1.82, 2.24) is 4.90 Å². The van der Waals surface area contributed by atoms with E-state index < -0.39 is 6.10 Å². The molecule has 156 valence electrons. The number of allylic oxidation sites excluding steroid dienone is 3. The quantitative estimate of drug-likeness (QED) is 0.353. The van der Waals surface area contributed by atoms with E-state index >= 15 is 0 Å². The molecule has 0 amide bonds. The maximum absolute atomic E-state index is 10.7. The average Bonchev–Trinajstić information content (AvgIpc) is 3.13. The third-order valence-corrected chi connectivity index (χ3v) is 6.51. The van der Waals surface area contributed by atoms with Gasteiger partial charge in [-0.1, -0.05) is 56.4 Å². The van der Waals surface area contributed by atoms with Crippen molar-refractivity contribution in [3.63, 3.8) is 0 Å². The van der Waals surface area contributed by atoms with Gasteiger partial charge in [-0.3, -0.25) is 0 Å². The summed E-state index contributed by atoms with van der Waals surface area (Å²) < 4.78 is 0. The van der Waals surface area contributed by atoms with Gasteiger partial charge in [0.1, 0.15) is 0 Å². The highest BCUT2D eigenvalue weighted by Gasteiger charge is 2.46. The monoisotopic (exact) mass is 377 g/mol. The van der Waals surface area contributed by atoms with Crippen molar-refractivity contribution in [3.8, 4) is 0 Å². The van der Waals surface area contributed by atoms with Crippen LogP contribution in [0.25, 0.3) is 0 Å². The van der Waals surface area contributed by atoms with Gasteiger partial charge in [-0.25, -0.2) is 0 Å². The summed E-state index contributed by atoms with van der Waals surface area (Å²) in [6, 6.07) is 0. The second kappa shape index (κ2) is 12.0. The van der Waals surface area contributed by atoms with Gasteiger partial charge in [-0.15, -0.1) is 0 Å². The van der Waals surface area contributed by atoms with Gasteiger partial charge in [0.2, 0.25) is 0 Å². The Morgan fingerprint density at radius 3 is 2.67 bits per heavy atom. The molecule has 0 aromatic heterocycles. The summed E-state index contributed by atoms with van der Waals surface area (Å²) in [6.07, 6.45) is 18.7. The molecule has 5 atom stereocenters. The summed E-state index contributed by atoms with van der Waals surface area (Å²) >= 11 is 0. The Morgan fingerprint density at radius 2 is 1.93 bits per heavy atom. The first-order chi connectivity index (χ1) is 13.0. The van der Waals surface area contributed by atoms with Crippen LogP contribution in [0.2, 0.25) is 0 Å². The third kappa shape index (κ3) is 7.36. The first-order valence-electron chi connectivity index (χ1n) is 11.4. The lowest BCUT2D eigenvalue weighted by Crippen LogP contribution is -2.30. The standard InChI is InChI=1S/C24H43NO2/c1-4-5-6-7-8-11-14-22(26)24-21-17-19(16-20(21)18-23(24)27)13-10-9-12-15-25(2)3/h11,14,16,20-24,26-27H,4-10,12-13,15,17-18H2,1-3H3/t20-,21-,22+,23+,24-/m0/s1. The van der Waals surface area contributed by atoms with E-state index in [9.17, 15) is 10.2 Å². The molecule has 2 N–H and O–H groups in total. The molecule has 0 aromatic rings. The maximum Gasteiger partial charge on any atom is 0.0776 e. The van der Waals surface area contributed by atoms with Crippen LogP contribution < -0.4 is 0 Å². The van der Waals surface area contributed by atoms with Crippen LogP contribution >= 0.6 is 0 Å². The summed E-state index contributed by atoms with van der Waals surface area (Å²) in [5.74, 6) is 0.940. The Bertz CT molecular complexity index is 471. The smallest absolute Gasteiger partial charge is 0.0776 e. The molecule has 2 aliphatic rings. The van der Waals surface area contributed by atoms with E-state index in [-0.39, 0.29) is 12.0 Å². The van der Waals surface area contributed by atoms with E-state index in [1.165, 1.54) is 57.9 Å². The molecule has 0 heterocycles. The lowest BCUT2D eigenvalue weighted by Gasteiger charge is -2.25. The molecule has 1 saturated carbocycles. The van der Waals surface area contributed by atoms with Crippen molar-refractivity contribution in [2.75, 3.05) is 20.6 Å². The van der Waals surface area contributed by atoms with E-state index in [2.05, 4.69) is 38.1 Å². The third-order valence-electron chi connectivity index (χ3n) is 6.51. The fourth-order valence-electron chi connectivity index (χ4n) is 5.01. The van der Waals surface area contributed by atoms with Crippen LogP contribution in [0.5, 0.6) is 0 Å². The van der Waals surface area contributed by atoms with Crippen LogP contribution in [-0.4, -0.2) is 48.0 Å². The first-order valence-corrected chi connectivity index (χ1v) is 11.4. The summed E-state index contributed by atoms with van der Waals surface area (Å²) in [5.41, 5.74) is 1.57. The molecule has 0 radical (unpaired) electrons. The molecule has 2 rings (SSSR count). The predicted octanol–water partition coefficient (Wildman–Crippen LogP) is 4.94. The number of fused-ring (bicyclic) bond motifs is 1. The Kier molecular flexibility index (Phi) is 10.1. The number of hydrogen-bond acceptors (Lipinski definition) is 3. The van der Waals surface area contributed by atoms with Crippen LogP contribution in [-0.2, 0) is 0 Å². The Labute approximate surface area is 167 Å². The van der Waals surface area contributed by atoms with E-state index in [1.807, 2.05) is 6.08 Å². The molecule has 0 unspecified atom stereocenters. The number of rotatable bonds is 13. The molecule has 0 spiro atoms. The number of nitrogens with zero attached hydrogens (tertiary/aromatic N) is 1. The van der Waals surface area contributed by atoms with Gasteiger partial charge in [-0.2, -0.15) is 0 Å². The molecule has 3 heteroatoms. The summed E-state index contributed by atoms with van der Waals surface area (Å²) in [5, 5.41) is 21.2. The van der Waals surface area contributed by atoms with E-state index in [0.29, 0.717) is 11.8 Å². The van der Waals surface area contributed by atoms with Crippen molar-refractivity contribution < 1.29 is 10.2 Å². The van der Waals surface area contributed by atoms with Gasteiger partial charge >= 0.3 is 0 Å². The van der Waals surface area contributed by atoms with Crippen molar-refractivity contribution in [2.24, 2.45) is 17.8 Å². The van der Waals surface area contributed by atoms with Gasteiger partial charge in [0, 0.05) is 5.92 Å². The van der Waals surface area contributed by atoms with Gasteiger partial charge < -0.3 is 15.1 Å². The molecule has 27 heavy (non-hydrogen) atoms. The normalized spacial score (nSPS) is 28.9. The fourth-order valence-corrected chi connectivity index (χ4v) is 5.01. The van der Waals surface area contributed by atoms with Crippen LogP contribution in [0.4, 0.5) is 0 Å². The van der Waals surface area contributed by atoms with Crippen molar-refractivity contribution in [3.05, 3.63) is 23.8 Å². The highest BCUT2D eigenvalue weighted by atomic mass is 16.3. The SMILES string of the molecule is CCCCCCC=C[C@@H](O)[C@@H]1[C@H]2CC(CCCCCN(C)C)=C[C@H]2C[C@H]1O. The molecule has 3 nitrogen and oxygen atoms in total. The summed E-state index contributed by atoms with van der Waals surface area (Å²) in [6.45, 7) is 3.40. The van der Waals surface area contributed by atoms with Gasteiger partial charge in [-0.05, 0) is 77.4 Å². The Morgan fingerprint density at radius 1 is 1.15 bits per heavy atom. The largest absolute Gasteiger partial charge is 0.393 e. The van der Waals surface area contributed by atoms with Crippen LogP contribution in [0.15, 0.2) is 23.8 Å². The van der Waals surface area contributed by atoms with Crippen molar-refractivity contribution >= 4 is 0 Å². The number of aliphatic hydroxyl groups is 2. The van der Waals surface area contributed by atoms with E-state index in [0.717, 1.165) is 19.3 Å². The van der Waals surface area contributed by atoms with Crippen molar-refractivity contribution in [2.45, 2.75) is 89.8 Å². The predicted molar refractivity (Wildman–Crippen MR) is 115 cm³/mol. The Balaban J connectivity index is 1.73. The van der Waals surface area contributed by atoms with Crippen LogP contribution in [0, 0.1) is 17.8 Å². The first kappa shape index (κ1) is 22.6. The second-order valence-electron chi connectivity index (χ2n) is 9.12. The van der Waals surface area contributed by atoms with Crippen LogP contribution in [0.3, 0.4) is 0 Å². The minimum Gasteiger partial charge on any atom is -0.393 e. The Hall–Kier alpha value is -0.640. The minimum absolute atomic E-state index is 0.0179. The molecular weight excluding hydrogens is 334 g/mol. The molecule has 2 aliphatic carbocycles. The molecule has 0 bridgehead atoms. The van der Waals surface area contributed by atoms with Gasteiger partial charge in [0.15, 0.2) is 0 Å².